The van der Waals surface area contributed by atoms with Crippen LogP contribution in [-0.4, -0.2) is 4.40 Å². The molecule has 5 aromatic carbocycles. The third-order valence-corrected chi connectivity index (χ3v) is 6.92. The highest BCUT2D eigenvalue weighted by atomic mass is 16.1. The molecule has 7 rings (SSSR count). The standard InChI is InChI=1S/C32H19NO2/c34-31-24-14-6-8-16-28(24)33-29-17-9-7-15-25(29)32(35)27-19-21(18-26(31)30(27)33)23-13-5-4-12-22(23)20-10-2-1-3-11-20/h1-19H. The van der Waals surface area contributed by atoms with E-state index in [-0.39, 0.29) is 10.9 Å². The van der Waals surface area contributed by atoms with Crippen molar-refractivity contribution in [1.29, 1.82) is 0 Å². The molecule has 0 fully saturated rings. The molecule has 3 heteroatoms. The third-order valence-electron chi connectivity index (χ3n) is 6.92. The van der Waals surface area contributed by atoms with Crippen LogP contribution in [0.2, 0.25) is 0 Å². The molecule has 0 aliphatic heterocycles. The van der Waals surface area contributed by atoms with Gasteiger partial charge in [-0.3, -0.25) is 9.59 Å². The molecule has 0 saturated carbocycles. The lowest BCUT2D eigenvalue weighted by molar-refractivity contribution is 1.31. The summed E-state index contributed by atoms with van der Waals surface area (Å²) >= 11 is 0. The Morgan fingerprint density at radius 3 is 1.46 bits per heavy atom. The van der Waals surface area contributed by atoms with Crippen molar-refractivity contribution < 1.29 is 0 Å². The van der Waals surface area contributed by atoms with Gasteiger partial charge in [-0.25, -0.2) is 0 Å². The lowest BCUT2D eigenvalue weighted by Gasteiger charge is -2.16. The monoisotopic (exact) mass is 449 g/mol. The number of aromatic nitrogens is 1. The maximum atomic E-state index is 13.8. The van der Waals surface area contributed by atoms with E-state index >= 15 is 0 Å². The first kappa shape index (κ1) is 19.7. The zero-order valence-corrected chi connectivity index (χ0v) is 18.7. The Bertz CT molecular complexity index is 1940. The Morgan fingerprint density at radius 1 is 0.429 bits per heavy atom. The number of hydrogen-bond acceptors (Lipinski definition) is 2. The van der Waals surface area contributed by atoms with Crippen LogP contribution in [0.15, 0.2) is 125 Å². The van der Waals surface area contributed by atoms with E-state index in [0.29, 0.717) is 27.1 Å². The molecule has 0 N–H and O–H groups in total. The largest absolute Gasteiger partial charge is 0.308 e. The maximum absolute atomic E-state index is 13.8. The molecule has 0 radical (unpaired) electrons. The summed E-state index contributed by atoms with van der Waals surface area (Å²) in [4.78, 5) is 27.5. The number of benzene rings is 5. The minimum atomic E-state index is -0.0562. The van der Waals surface area contributed by atoms with Crippen LogP contribution < -0.4 is 10.9 Å². The van der Waals surface area contributed by atoms with Crippen molar-refractivity contribution in [2.75, 3.05) is 0 Å². The lowest BCUT2D eigenvalue weighted by Crippen LogP contribution is -2.14. The summed E-state index contributed by atoms with van der Waals surface area (Å²) in [5.41, 5.74) is 6.18. The zero-order chi connectivity index (χ0) is 23.5. The Labute approximate surface area is 200 Å². The molecule has 0 saturated heterocycles. The van der Waals surface area contributed by atoms with Gasteiger partial charge in [0.15, 0.2) is 10.9 Å². The molecular weight excluding hydrogens is 430 g/mol. The molecule has 0 aliphatic carbocycles. The molecule has 0 atom stereocenters. The van der Waals surface area contributed by atoms with Crippen LogP contribution in [0, 0.1) is 0 Å². The third kappa shape index (κ3) is 2.79. The number of rotatable bonds is 2. The second-order valence-corrected chi connectivity index (χ2v) is 8.86. The van der Waals surface area contributed by atoms with E-state index in [1.54, 1.807) is 0 Å². The summed E-state index contributed by atoms with van der Waals surface area (Å²) < 4.78 is 2.07. The van der Waals surface area contributed by atoms with Crippen molar-refractivity contribution in [3.63, 3.8) is 0 Å². The first-order valence-electron chi connectivity index (χ1n) is 11.6. The van der Waals surface area contributed by atoms with E-state index in [1.807, 2.05) is 91.0 Å². The number of nitrogens with zero attached hydrogens (tertiary/aromatic N) is 1. The molecular formula is C32H19NO2. The summed E-state index contributed by atoms with van der Waals surface area (Å²) in [7, 11) is 0. The van der Waals surface area contributed by atoms with E-state index in [1.165, 1.54) is 0 Å². The van der Waals surface area contributed by atoms with Crippen LogP contribution in [-0.2, 0) is 0 Å². The summed E-state index contributed by atoms with van der Waals surface area (Å²) in [5.74, 6) is 0. The molecule has 7 aromatic rings. The van der Waals surface area contributed by atoms with Crippen LogP contribution in [0.4, 0.5) is 0 Å². The van der Waals surface area contributed by atoms with Gasteiger partial charge in [0.2, 0.25) is 0 Å². The topological polar surface area (TPSA) is 38.5 Å². The normalized spacial score (nSPS) is 11.7. The minimum Gasteiger partial charge on any atom is -0.308 e. The van der Waals surface area contributed by atoms with Crippen LogP contribution in [0.25, 0.3) is 60.3 Å². The van der Waals surface area contributed by atoms with Crippen molar-refractivity contribution in [3.8, 4) is 22.3 Å². The van der Waals surface area contributed by atoms with Gasteiger partial charge >= 0.3 is 0 Å². The highest BCUT2D eigenvalue weighted by Gasteiger charge is 2.19. The summed E-state index contributed by atoms with van der Waals surface area (Å²) in [5, 5.41) is 2.40. The van der Waals surface area contributed by atoms with Crippen LogP contribution >= 0.6 is 0 Å². The number of pyridine rings is 2. The summed E-state index contributed by atoms with van der Waals surface area (Å²) in [6.07, 6.45) is 0. The molecule has 2 aromatic heterocycles. The molecule has 35 heavy (non-hydrogen) atoms. The molecule has 0 unspecified atom stereocenters. The fraction of sp³-hybridized carbons (Fsp3) is 0. The average molecular weight is 450 g/mol. The quantitative estimate of drug-likeness (QED) is 0.213. The first-order chi connectivity index (χ1) is 17.2. The van der Waals surface area contributed by atoms with Gasteiger partial charge in [-0.1, -0.05) is 78.9 Å². The van der Waals surface area contributed by atoms with Crippen LogP contribution in [0.3, 0.4) is 0 Å². The van der Waals surface area contributed by atoms with E-state index < -0.39 is 0 Å². The highest BCUT2D eigenvalue weighted by Crippen LogP contribution is 2.35. The minimum absolute atomic E-state index is 0.0562. The molecule has 164 valence electrons. The van der Waals surface area contributed by atoms with E-state index in [0.717, 1.165) is 33.3 Å². The van der Waals surface area contributed by atoms with Gasteiger partial charge in [0.05, 0.1) is 16.6 Å². The second-order valence-electron chi connectivity index (χ2n) is 8.86. The Morgan fingerprint density at radius 2 is 0.886 bits per heavy atom. The number of fused-ring (bicyclic) bond motifs is 4. The van der Waals surface area contributed by atoms with Crippen molar-refractivity contribution in [1.82, 2.24) is 4.40 Å². The van der Waals surface area contributed by atoms with Crippen LogP contribution in [0.1, 0.15) is 0 Å². The molecule has 3 nitrogen and oxygen atoms in total. The second kappa shape index (κ2) is 7.37. The van der Waals surface area contributed by atoms with Crippen molar-refractivity contribution >= 4 is 38.1 Å². The first-order valence-corrected chi connectivity index (χ1v) is 11.6. The highest BCUT2D eigenvalue weighted by molar-refractivity contribution is 6.09. The van der Waals surface area contributed by atoms with Crippen molar-refractivity contribution in [2.45, 2.75) is 0 Å². The summed E-state index contributed by atoms with van der Waals surface area (Å²) in [6, 6.07) is 37.5. The van der Waals surface area contributed by atoms with Crippen molar-refractivity contribution in [2.24, 2.45) is 0 Å². The maximum Gasteiger partial charge on any atom is 0.197 e. The Kier molecular flexibility index (Phi) is 4.15. The average Bonchev–Trinajstić information content (AvgIpc) is 2.93. The number of hydrogen-bond donors (Lipinski definition) is 0. The Balaban J connectivity index is 1.71. The van der Waals surface area contributed by atoms with E-state index in [2.05, 4.69) is 28.7 Å². The van der Waals surface area contributed by atoms with Gasteiger partial charge in [0.25, 0.3) is 0 Å². The van der Waals surface area contributed by atoms with Gasteiger partial charge < -0.3 is 4.40 Å². The fourth-order valence-electron chi connectivity index (χ4n) is 5.36. The van der Waals surface area contributed by atoms with Crippen LogP contribution in [0.5, 0.6) is 0 Å². The van der Waals surface area contributed by atoms with Gasteiger partial charge in [0, 0.05) is 21.5 Å². The molecule has 0 amide bonds. The smallest absolute Gasteiger partial charge is 0.197 e. The van der Waals surface area contributed by atoms with Gasteiger partial charge in [-0.05, 0) is 58.7 Å². The van der Waals surface area contributed by atoms with Gasteiger partial charge in [-0.2, -0.15) is 0 Å². The van der Waals surface area contributed by atoms with Gasteiger partial charge in [-0.15, -0.1) is 0 Å². The van der Waals surface area contributed by atoms with Gasteiger partial charge in [0.1, 0.15) is 0 Å². The predicted molar refractivity (Wildman–Crippen MR) is 145 cm³/mol. The lowest BCUT2D eigenvalue weighted by atomic mass is 9.92. The van der Waals surface area contributed by atoms with E-state index in [4.69, 9.17) is 0 Å². The zero-order valence-electron chi connectivity index (χ0n) is 18.7. The SMILES string of the molecule is O=c1c2ccccc2n2c3ccccc3c(=O)c3cc(-c4ccccc4-c4ccccc4)cc1c32. The Hall–Kier alpha value is -4.76. The fourth-order valence-corrected chi connectivity index (χ4v) is 5.36. The predicted octanol–water partition coefficient (Wildman–Crippen LogP) is 6.89. The molecule has 0 aliphatic rings. The summed E-state index contributed by atoms with van der Waals surface area (Å²) in [6.45, 7) is 0. The molecule has 0 spiro atoms. The number of para-hydroxylation sites is 2. The van der Waals surface area contributed by atoms with Crippen molar-refractivity contribution in [3.05, 3.63) is 136 Å². The molecule has 0 bridgehead atoms. The molecule has 2 heterocycles. The van der Waals surface area contributed by atoms with E-state index in [9.17, 15) is 9.59 Å².